The summed E-state index contributed by atoms with van der Waals surface area (Å²) >= 11 is 0. The smallest absolute Gasteiger partial charge is 0.146 e. The van der Waals surface area contributed by atoms with E-state index in [0.717, 1.165) is 11.3 Å². The summed E-state index contributed by atoms with van der Waals surface area (Å²) in [5, 5.41) is 22.1. The molecule has 3 aromatic rings. The number of hydrogen-bond donors (Lipinski definition) is 1. The van der Waals surface area contributed by atoms with Crippen LogP contribution in [0, 0.1) is 29.6 Å². The Morgan fingerprint density at radius 1 is 1.04 bits per heavy atom. The van der Waals surface area contributed by atoms with Crippen LogP contribution in [0.1, 0.15) is 22.5 Å². The average molecular weight is 314 g/mol. The van der Waals surface area contributed by atoms with Crippen molar-refractivity contribution in [2.75, 3.05) is 5.32 Å². The van der Waals surface area contributed by atoms with Crippen molar-refractivity contribution >= 4 is 5.82 Å². The van der Waals surface area contributed by atoms with Crippen LogP contribution in [0.25, 0.3) is 11.3 Å². The first-order valence-electron chi connectivity index (χ1n) is 7.41. The van der Waals surface area contributed by atoms with Gasteiger partial charge in [-0.2, -0.15) is 10.5 Å². The van der Waals surface area contributed by atoms with Gasteiger partial charge in [-0.15, -0.1) is 0 Å². The standard InChI is InChI=1S/C19H14N4O/c1-13-16(10-20)17(11-21)19(22-12-15-8-5-9-24-15)23-18(13)14-6-3-2-4-7-14/h2-9H,12H2,1H3,(H,22,23). The fourth-order valence-corrected chi connectivity index (χ4v) is 2.51. The van der Waals surface area contributed by atoms with E-state index in [2.05, 4.69) is 22.4 Å². The van der Waals surface area contributed by atoms with Gasteiger partial charge >= 0.3 is 0 Å². The molecule has 2 aromatic heterocycles. The van der Waals surface area contributed by atoms with Crippen molar-refractivity contribution in [3.8, 4) is 23.4 Å². The second kappa shape index (κ2) is 6.68. The fourth-order valence-electron chi connectivity index (χ4n) is 2.51. The maximum Gasteiger partial charge on any atom is 0.146 e. The van der Waals surface area contributed by atoms with Crippen LogP contribution in [-0.4, -0.2) is 4.98 Å². The van der Waals surface area contributed by atoms with E-state index in [1.807, 2.05) is 43.3 Å². The number of nitriles is 2. The number of pyridine rings is 1. The molecule has 0 saturated heterocycles. The molecule has 0 spiro atoms. The molecular weight excluding hydrogens is 300 g/mol. The van der Waals surface area contributed by atoms with E-state index < -0.39 is 0 Å². The van der Waals surface area contributed by atoms with Crippen molar-refractivity contribution in [3.63, 3.8) is 0 Å². The molecule has 0 amide bonds. The summed E-state index contributed by atoms with van der Waals surface area (Å²) in [7, 11) is 0. The zero-order valence-corrected chi connectivity index (χ0v) is 13.1. The van der Waals surface area contributed by atoms with Crippen LogP contribution in [0.3, 0.4) is 0 Å². The Kier molecular flexibility index (Phi) is 4.27. The van der Waals surface area contributed by atoms with E-state index in [0.29, 0.717) is 29.2 Å². The molecule has 1 aromatic carbocycles. The van der Waals surface area contributed by atoms with Gasteiger partial charge in [-0.1, -0.05) is 30.3 Å². The fraction of sp³-hybridized carbons (Fsp3) is 0.105. The Labute approximate surface area is 139 Å². The van der Waals surface area contributed by atoms with Gasteiger partial charge in [-0.05, 0) is 24.6 Å². The minimum absolute atomic E-state index is 0.251. The van der Waals surface area contributed by atoms with E-state index in [1.54, 1.807) is 12.3 Å². The van der Waals surface area contributed by atoms with Crippen molar-refractivity contribution in [3.05, 3.63) is 71.2 Å². The number of hydrogen-bond acceptors (Lipinski definition) is 5. The van der Waals surface area contributed by atoms with Gasteiger partial charge in [0.2, 0.25) is 0 Å². The highest BCUT2D eigenvalue weighted by atomic mass is 16.3. The molecule has 0 saturated carbocycles. The van der Waals surface area contributed by atoms with Gasteiger partial charge in [0.25, 0.3) is 0 Å². The predicted molar refractivity (Wildman–Crippen MR) is 89.9 cm³/mol. The van der Waals surface area contributed by atoms with Gasteiger partial charge < -0.3 is 9.73 Å². The lowest BCUT2D eigenvalue weighted by atomic mass is 9.99. The normalized spacial score (nSPS) is 9.96. The van der Waals surface area contributed by atoms with Gasteiger partial charge in [-0.3, -0.25) is 0 Å². The van der Waals surface area contributed by atoms with Crippen LogP contribution in [-0.2, 0) is 6.54 Å². The van der Waals surface area contributed by atoms with E-state index in [9.17, 15) is 10.5 Å². The number of nitrogens with one attached hydrogen (secondary N) is 1. The summed E-state index contributed by atoms with van der Waals surface area (Å²) in [6, 6.07) is 17.4. The number of anilines is 1. The molecule has 0 aliphatic heterocycles. The van der Waals surface area contributed by atoms with E-state index >= 15 is 0 Å². The number of nitrogens with zero attached hydrogens (tertiary/aromatic N) is 3. The number of aromatic nitrogens is 1. The molecular formula is C19H14N4O. The molecule has 0 fully saturated rings. The first-order chi connectivity index (χ1) is 11.7. The number of rotatable bonds is 4. The molecule has 0 atom stereocenters. The van der Waals surface area contributed by atoms with Crippen LogP contribution in [0.2, 0.25) is 0 Å². The third-order valence-corrected chi connectivity index (χ3v) is 3.72. The largest absolute Gasteiger partial charge is 0.467 e. The Bertz CT molecular complexity index is 932. The van der Waals surface area contributed by atoms with E-state index in [4.69, 9.17) is 4.42 Å². The van der Waals surface area contributed by atoms with E-state index in [-0.39, 0.29) is 5.56 Å². The lowest BCUT2D eigenvalue weighted by molar-refractivity contribution is 0.518. The van der Waals surface area contributed by atoms with Crippen LogP contribution >= 0.6 is 0 Å². The quantitative estimate of drug-likeness (QED) is 0.786. The molecule has 0 aliphatic rings. The average Bonchev–Trinajstić information content (AvgIpc) is 3.14. The van der Waals surface area contributed by atoms with Gasteiger partial charge in [0, 0.05) is 5.56 Å². The Morgan fingerprint density at radius 2 is 1.79 bits per heavy atom. The topological polar surface area (TPSA) is 85.6 Å². The van der Waals surface area contributed by atoms with Gasteiger partial charge in [0.15, 0.2) is 0 Å². The van der Waals surface area contributed by atoms with Crippen molar-refractivity contribution in [1.82, 2.24) is 4.98 Å². The summed E-state index contributed by atoms with van der Waals surface area (Å²) in [5.41, 5.74) is 2.88. The molecule has 2 heterocycles. The van der Waals surface area contributed by atoms with Crippen molar-refractivity contribution in [1.29, 1.82) is 10.5 Å². The number of furan rings is 1. The zero-order valence-electron chi connectivity index (χ0n) is 13.1. The van der Waals surface area contributed by atoms with Crippen LogP contribution in [0.5, 0.6) is 0 Å². The summed E-state index contributed by atoms with van der Waals surface area (Å²) in [5.74, 6) is 1.11. The summed E-state index contributed by atoms with van der Waals surface area (Å²) in [6.45, 7) is 2.20. The Balaban J connectivity index is 2.10. The predicted octanol–water partition coefficient (Wildman–Crippen LogP) is 4.01. The summed E-state index contributed by atoms with van der Waals surface area (Å²) in [4.78, 5) is 4.59. The molecule has 5 nitrogen and oxygen atoms in total. The Hall–Kier alpha value is -3.57. The monoisotopic (exact) mass is 314 g/mol. The zero-order chi connectivity index (χ0) is 16.9. The third-order valence-electron chi connectivity index (χ3n) is 3.72. The molecule has 0 bridgehead atoms. The van der Waals surface area contributed by atoms with Crippen LogP contribution in [0.4, 0.5) is 5.82 Å². The lowest BCUT2D eigenvalue weighted by Gasteiger charge is -2.13. The van der Waals surface area contributed by atoms with Crippen molar-refractivity contribution in [2.45, 2.75) is 13.5 Å². The summed E-state index contributed by atoms with van der Waals surface area (Å²) < 4.78 is 5.29. The highest BCUT2D eigenvalue weighted by Crippen LogP contribution is 2.29. The lowest BCUT2D eigenvalue weighted by Crippen LogP contribution is -2.07. The van der Waals surface area contributed by atoms with Crippen LogP contribution < -0.4 is 5.32 Å². The van der Waals surface area contributed by atoms with Crippen molar-refractivity contribution < 1.29 is 4.42 Å². The molecule has 0 aliphatic carbocycles. The SMILES string of the molecule is Cc1c(-c2ccccc2)nc(NCc2ccco2)c(C#N)c1C#N. The molecule has 3 rings (SSSR count). The molecule has 5 heteroatoms. The van der Waals surface area contributed by atoms with Gasteiger partial charge in [0.1, 0.15) is 29.3 Å². The van der Waals surface area contributed by atoms with Gasteiger partial charge in [-0.25, -0.2) is 4.98 Å². The molecule has 1 N–H and O–H groups in total. The maximum atomic E-state index is 9.50. The second-order valence-corrected chi connectivity index (χ2v) is 5.21. The Morgan fingerprint density at radius 3 is 2.42 bits per heavy atom. The van der Waals surface area contributed by atoms with E-state index in [1.165, 1.54) is 0 Å². The van der Waals surface area contributed by atoms with Crippen molar-refractivity contribution in [2.24, 2.45) is 0 Å². The molecule has 0 radical (unpaired) electrons. The molecule has 0 unspecified atom stereocenters. The van der Waals surface area contributed by atoms with Crippen LogP contribution in [0.15, 0.2) is 53.1 Å². The molecule has 116 valence electrons. The molecule has 24 heavy (non-hydrogen) atoms. The summed E-state index contributed by atoms with van der Waals surface area (Å²) in [6.07, 6.45) is 1.58. The highest BCUT2D eigenvalue weighted by Gasteiger charge is 2.18. The number of benzene rings is 1. The highest BCUT2D eigenvalue weighted by molar-refractivity contribution is 5.73. The van der Waals surface area contributed by atoms with Gasteiger partial charge in [0.05, 0.1) is 24.1 Å². The second-order valence-electron chi connectivity index (χ2n) is 5.21. The first-order valence-corrected chi connectivity index (χ1v) is 7.41. The minimum atomic E-state index is 0.251. The maximum absolute atomic E-state index is 9.50. The third kappa shape index (κ3) is 2.84. The minimum Gasteiger partial charge on any atom is -0.467 e. The first kappa shape index (κ1) is 15.3.